The zero-order valence-electron chi connectivity index (χ0n) is 22.8. The molecule has 1 aromatic heterocycles. The van der Waals surface area contributed by atoms with Crippen molar-refractivity contribution < 1.29 is 36.8 Å². The molecule has 1 aromatic carbocycles. The number of rotatable bonds is 11. The number of hydrogen-bond acceptors (Lipinski definition) is 5. The topological polar surface area (TPSA) is 100 Å². The van der Waals surface area contributed by atoms with Gasteiger partial charge in [0.1, 0.15) is 11.6 Å². The third kappa shape index (κ3) is 11.1. The maximum absolute atomic E-state index is 14.2. The Morgan fingerprint density at radius 1 is 1.21 bits per heavy atom. The first-order valence-corrected chi connectivity index (χ1v) is 12.3. The zero-order valence-corrected chi connectivity index (χ0v) is 22.8. The lowest BCUT2D eigenvalue weighted by Gasteiger charge is -2.27. The van der Waals surface area contributed by atoms with Crippen molar-refractivity contribution in [1.29, 1.82) is 0 Å². The molecule has 214 valence electrons. The summed E-state index contributed by atoms with van der Waals surface area (Å²) in [7, 11) is 0. The number of furan rings is 1. The van der Waals surface area contributed by atoms with Crippen LogP contribution in [0, 0.1) is 25.6 Å². The van der Waals surface area contributed by atoms with Crippen molar-refractivity contribution in [3.63, 3.8) is 0 Å². The molecule has 1 heterocycles. The fourth-order valence-corrected chi connectivity index (χ4v) is 3.67. The molecule has 0 fully saturated rings. The summed E-state index contributed by atoms with van der Waals surface area (Å²) < 4.78 is 58.8. The highest BCUT2D eigenvalue weighted by molar-refractivity contribution is 5.66. The van der Waals surface area contributed by atoms with Crippen LogP contribution in [0.4, 0.5) is 17.6 Å². The molecule has 0 aliphatic rings. The number of nitrogens with zero attached hydrogens (tertiary/aromatic N) is 2. The number of alkyl halides is 3. The summed E-state index contributed by atoms with van der Waals surface area (Å²) in [6.07, 6.45) is -0.395. The largest absolute Gasteiger partial charge is 0.456 e. The first-order valence-electron chi connectivity index (χ1n) is 12.3. The maximum atomic E-state index is 14.2. The maximum Gasteiger partial charge on any atom is 0.450 e. The molecule has 0 aliphatic heterocycles. The van der Waals surface area contributed by atoms with E-state index in [-0.39, 0.29) is 42.3 Å². The highest BCUT2D eigenvalue weighted by Gasteiger charge is 2.38. The fraction of sp³-hybridized carbons (Fsp3) is 0.481. The minimum absolute atomic E-state index is 0.0227. The molecule has 2 rings (SSSR count). The van der Waals surface area contributed by atoms with Crippen LogP contribution in [0.1, 0.15) is 75.2 Å². The lowest BCUT2D eigenvalue weighted by Crippen LogP contribution is -2.39. The van der Waals surface area contributed by atoms with Crippen LogP contribution in [0.25, 0.3) is 5.57 Å². The van der Waals surface area contributed by atoms with E-state index in [4.69, 9.17) is 9.21 Å². The monoisotopic (exact) mass is 545 g/mol. The number of hydrogen-bond donors (Lipinski definition) is 2. The van der Waals surface area contributed by atoms with Gasteiger partial charge in [-0.25, -0.2) is 4.39 Å². The van der Waals surface area contributed by atoms with Crippen molar-refractivity contribution in [3.05, 3.63) is 64.4 Å². The average molecular weight is 546 g/mol. The number of allylic oxidation sites excluding steroid dienone is 2. The van der Waals surface area contributed by atoms with E-state index in [0.29, 0.717) is 36.8 Å². The van der Waals surface area contributed by atoms with Gasteiger partial charge in [-0.3, -0.25) is 19.8 Å². The third-order valence-corrected chi connectivity index (χ3v) is 5.50. The molecule has 0 radical (unpaired) electrons. The molecular weight excluding hydrogens is 506 g/mol. The summed E-state index contributed by atoms with van der Waals surface area (Å²) in [5.74, 6) is -1.28. The molecule has 38 heavy (non-hydrogen) atoms. The molecule has 0 saturated heterocycles. The molecule has 0 saturated carbocycles. The number of nitrogens with two attached hydrogens (primary N) is 1. The molecule has 0 bridgehead atoms. The molecule has 2 amide bonds. The van der Waals surface area contributed by atoms with E-state index in [2.05, 4.69) is 5.73 Å². The summed E-state index contributed by atoms with van der Waals surface area (Å²) >= 11 is 0. The lowest BCUT2D eigenvalue weighted by atomic mass is 9.95. The van der Waals surface area contributed by atoms with Gasteiger partial charge in [0.05, 0.1) is 6.54 Å². The Morgan fingerprint density at radius 2 is 1.82 bits per heavy atom. The molecule has 2 aromatic rings. The van der Waals surface area contributed by atoms with Crippen molar-refractivity contribution >= 4 is 18.4 Å². The Kier molecular flexibility index (Phi) is 15.9. The molecule has 0 aliphatic carbocycles. The highest BCUT2D eigenvalue weighted by atomic mass is 19.4. The SMILES string of the molecule is CC.CC[C@H](/C=C(\C)c1cc(C)oc1C(F)(F)F)CCCN(O)N(C=O)Cc1cccc(C)c1F.NC=O. The van der Waals surface area contributed by atoms with E-state index in [9.17, 15) is 27.6 Å². The Bertz CT molecular complexity index is 1020. The molecule has 0 unspecified atom stereocenters. The lowest BCUT2D eigenvalue weighted by molar-refractivity contribution is -0.237. The third-order valence-electron chi connectivity index (χ3n) is 5.50. The number of benzene rings is 1. The molecule has 1 atom stereocenters. The van der Waals surface area contributed by atoms with E-state index in [1.165, 1.54) is 13.0 Å². The quantitative estimate of drug-likeness (QED) is 0.187. The number of hydroxylamine groups is 1. The van der Waals surface area contributed by atoms with Crippen molar-refractivity contribution in [1.82, 2.24) is 10.2 Å². The minimum Gasteiger partial charge on any atom is -0.456 e. The smallest absolute Gasteiger partial charge is 0.450 e. The normalized spacial score (nSPS) is 12.2. The standard InChI is InChI=1S/C24H30F4N2O3.C2H6.CH3NO/c1-5-19(12-17(3)21-13-18(4)33-23(21)24(26,27)28)9-7-11-30(32)29(15-31)14-20-10-6-8-16(2)22(20)25;1-2;2-1-3/h6,8,10,12-13,15,19,32H,5,7,9,11,14H2,1-4H3;1-2H3;1H,(H2,2,3)/b17-12+;;/t19-;;/m0../s1. The van der Waals surface area contributed by atoms with Gasteiger partial charge >= 0.3 is 6.18 Å². The first kappa shape index (κ1) is 34.8. The van der Waals surface area contributed by atoms with Gasteiger partial charge in [0, 0.05) is 17.7 Å². The summed E-state index contributed by atoms with van der Waals surface area (Å²) in [6.45, 7) is 10.6. The van der Waals surface area contributed by atoms with Crippen LogP contribution in [0.2, 0.25) is 0 Å². The summed E-state index contributed by atoms with van der Waals surface area (Å²) in [5, 5.41) is 12.0. The van der Waals surface area contributed by atoms with Crippen molar-refractivity contribution in [2.75, 3.05) is 6.54 Å². The Labute approximate surface area is 221 Å². The van der Waals surface area contributed by atoms with Crippen LogP contribution in [0.3, 0.4) is 0 Å². The van der Waals surface area contributed by atoms with Crippen LogP contribution in [-0.4, -0.2) is 34.8 Å². The van der Waals surface area contributed by atoms with Gasteiger partial charge in [-0.1, -0.05) is 50.2 Å². The highest BCUT2D eigenvalue weighted by Crippen LogP contribution is 2.37. The van der Waals surface area contributed by atoms with Gasteiger partial charge in [-0.15, -0.1) is 0 Å². The molecule has 7 nitrogen and oxygen atoms in total. The number of aryl methyl sites for hydroxylation is 2. The van der Waals surface area contributed by atoms with Crippen LogP contribution in [-0.2, 0) is 22.3 Å². The van der Waals surface area contributed by atoms with Gasteiger partial charge in [-0.2, -0.15) is 13.2 Å². The molecule has 3 N–H and O–H groups in total. The summed E-state index contributed by atoms with van der Waals surface area (Å²) in [4.78, 5) is 20.0. The number of amides is 2. The van der Waals surface area contributed by atoms with Crippen LogP contribution in [0.15, 0.2) is 34.8 Å². The number of carbonyl (C=O) groups excluding carboxylic acids is 2. The van der Waals surface area contributed by atoms with E-state index >= 15 is 0 Å². The van der Waals surface area contributed by atoms with Gasteiger partial charge in [0.15, 0.2) is 0 Å². The van der Waals surface area contributed by atoms with E-state index in [1.807, 2.05) is 20.8 Å². The zero-order chi connectivity index (χ0) is 29.5. The molecular formula is C27H39F4N3O4. The van der Waals surface area contributed by atoms with E-state index in [1.54, 1.807) is 38.1 Å². The van der Waals surface area contributed by atoms with Crippen LogP contribution in [0.5, 0.6) is 0 Å². The summed E-state index contributed by atoms with van der Waals surface area (Å²) in [6, 6.07) is 6.21. The molecule has 11 heteroatoms. The van der Waals surface area contributed by atoms with Crippen molar-refractivity contribution in [2.45, 2.75) is 73.5 Å². The predicted octanol–water partition coefficient (Wildman–Crippen LogP) is 6.66. The average Bonchev–Trinajstić information content (AvgIpc) is 3.28. The second kappa shape index (κ2) is 17.4. The number of hydrazine groups is 1. The number of halogens is 4. The second-order valence-corrected chi connectivity index (χ2v) is 8.24. The summed E-state index contributed by atoms with van der Waals surface area (Å²) in [5.41, 5.74) is 5.38. The van der Waals surface area contributed by atoms with Crippen molar-refractivity contribution in [3.8, 4) is 0 Å². The second-order valence-electron chi connectivity index (χ2n) is 8.24. The molecule has 0 spiro atoms. The first-order chi connectivity index (χ1) is 17.9. The Morgan fingerprint density at radius 3 is 2.34 bits per heavy atom. The van der Waals surface area contributed by atoms with Gasteiger partial charge in [-0.05, 0) is 63.2 Å². The van der Waals surface area contributed by atoms with Crippen LogP contribution >= 0.6 is 0 Å². The fourth-order valence-electron chi connectivity index (χ4n) is 3.67. The van der Waals surface area contributed by atoms with E-state index < -0.39 is 17.8 Å². The van der Waals surface area contributed by atoms with Gasteiger partial charge in [0.2, 0.25) is 18.6 Å². The van der Waals surface area contributed by atoms with Gasteiger partial charge < -0.3 is 10.2 Å². The predicted molar refractivity (Wildman–Crippen MR) is 138 cm³/mol. The van der Waals surface area contributed by atoms with Crippen LogP contribution < -0.4 is 5.73 Å². The number of primary amides is 1. The Hall–Kier alpha value is -3.18. The Balaban J connectivity index is 0.00000255. The van der Waals surface area contributed by atoms with E-state index in [0.717, 1.165) is 10.2 Å². The van der Waals surface area contributed by atoms with Crippen molar-refractivity contribution in [2.24, 2.45) is 11.7 Å². The minimum atomic E-state index is -4.58. The van der Waals surface area contributed by atoms with Gasteiger partial charge in [0.25, 0.3) is 0 Å². The number of carbonyl (C=O) groups is 2.